The zero-order valence-electron chi connectivity index (χ0n) is 10.9. The molecular weight excluding hydrogens is 234 g/mol. The van der Waals surface area contributed by atoms with E-state index >= 15 is 0 Å². The Morgan fingerprint density at radius 2 is 2.00 bits per heavy atom. The lowest BCUT2D eigenvalue weighted by atomic mass is 9.99. The zero-order chi connectivity index (χ0) is 12.7. The van der Waals surface area contributed by atoms with E-state index in [-0.39, 0.29) is 6.10 Å². The number of rotatable bonds is 7. The molecule has 0 saturated heterocycles. The fraction of sp³-hybridized carbons (Fsp3) is 0.571. The molecule has 1 aromatic carbocycles. The number of likely N-dealkylation sites (N-methyl/N-ethyl adjacent to an activating group) is 1. The van der Waals surface area contributed by atoms with Crippen LogP contribution in [0, 0.1) is 0 Å². The molecule has 2 unspecified atom stereocenters. The molecule has 0 aromatic heterocycles. The van der Waals surface area contributed by atoms with Crippen molar-refractivity contribution in [2.24, 2.45) is 0 Å². The summed E-state index contributed by atoms with van der Waals surface area (Å²) in [7, 11) is 1.98. The van der Waals surface area contributed by atoms with Crippen molar-refractivity contribution in [3.05, 3.63) is 34.9 Å². The summed E-state index contributed by atoms with van der Waals surface area (Å²) in [6, 6.07) is 8.30. The van der Waals surface area contributed by atoms with Gasteiger partial charge in [-0.2, -0.15) is 0 Å². The lowest BCUT2D eigenvalue weighted by molar-refractivity contribution is 0.0339. The van der Waals surface area contributed by atoms with Crippen molar-refractivity contribution in [1.29, 1.82) is 0 Å². The second-order valence-electron chi connectivity index (χ2n) is 4.09. The van der Waals surface area contributed by atoms with Crippen LogP contribution in [0.15, 0.2) is 24.3 Å². The van der Waals surface area contributed by atoms with E-state index in [4.69, 9.17) is 16.3 Å². The van der Waals surface area contributed by atoms with E-state index in [0.29, 0.717) is 6.04 Å². The lowest BCUT2D eigenvalue weighted by Crippen LogP contribution is -2.40. The van der Waals surface area contributed by atoms with Gasteiger partial charge in [0.25, 0.3) is 0 Å². The standard InChI is InChI=1S/C14H22ClNO/c1-4-14(17-5-2)13(16-3)10-11-8-6-7-9-12(11)15/h6-9,13-14,16H,4-5,10H2,1-3H3. The van der Waals surface area contributed by atoms with Gasteiger partial charge in [0.05, 0.1) is 6.10 Å². The highest BCUT2D eigenvalue weighted by Crippen LogP contribution is 2.19. The summed E-state index contributed by atoms with van der Waals surface area (Å²) in [6.45, 7) is 4.93. The molecule has 0 amide bonds. The number of hydrogen-bond acceptors (Lipinski definition) is 2. The highest BCUT2D eigenvalue weighted by Gasteiger charge is 2.19. The van der Waals surface area contributed by atoms with Gasteiger partial charge >= 0.3 is 0 Å². The van der Waals surface area contributed by atoms with Gasteiger partial charge < -0.3 is 10.1 Å². The number of nitrogens with one attached hydrogen (secondary N) is 1. The van der Waals surface area contributed by atoms with Crippen molar-refractivity contribution in [2.45, 2.75) is 38.8 Å². The first-order valence-electron chi connectivity index (χ1n) is 6.25. The summed E-state index contributed by atoms with van der Waals surface area (Å²) >= 11 is 6.18. The zero-order valence-corrected chi connectivity index (χ0v) is 11.6. The van der Waals surface area contributed by atoms with Gasteiger partial charge in [0.15, 0.2) is 0 Å². The van der Waals surface area contributed by atoms with Crippen molar-refractivity contribution in [3.63, 3.8) is 0 Å². The van der Waals surface area contributed by atoms with E-state index in [1.165, 1.54) is 5.56 Å². The molecule has 0 fully saturated rings. The Kier molecular flexibility index (Phi) is 6.56. The first-order valence-corrected chi connectivity index (χ1v) is 6.62. The first kappa shape index (κ1) is 14.5. The molecule has 17 heavy (non-hydrogen) atoms. The van der Waals surface area contributed by atoms with Crippen LogP contribution in [0.2, 0.25) is 5.02 Å². The SMILES string of the molecule is CCOC(CC)C(Cc1ccccc1Cl)NC. The van der Waals surface area contributed by atoms with Crippen molar-refractivity contribution in [3.8, 4) is 0 Å². The number of hydrogen-bond donors (Lipinski definition) is 1. The van der Waals surface area contributed by atoms with Gasteiger partial charge in [-0.15, -0.1) is 0 Å². The molecule has 2 atom stereocenters. The van der Waals surface area contributed by atoms with E-state index in [1.54, 1.807) is 0 Å². The fourth-order valence-corrected chi connectivity index (χ4v) is 2.27. The lowest BCUT2D eigenvalue weighted by Gasteiger charge is -2.26. The topological polar surface area (TPSA) is 21.3 Å². The smallest absolute Gasteiger partial charge is 0.0728 e. The Labute approximate surface area is 109 Å². The average molecular weight is 256 g/mol. The normalized spacial score (nSPS) is 14.6. The van der Waals surface area contributed by atoms with Gasteiger partial charge in [0.2, 0.25) is 0 Å². The Hall–Kier alpha value is -0.570. The molecule has 0 spiro atoms. The van der Waals surface area contributed by atoms with Gasteiger partial charge in [-0.3, -0.25) is 0 Å². The summed E-state index contributed by atoms with van der Waals surface area (Å²) in [6.07, 6.45) is 2.14. The first-order chi connectivity index (χ1) is 8.22. The van der Waals surface area contributed by atoms with Crippen LogP contribution >= 0.6 is 11.6 Å². The molecule has 2 nitrogen and oxygen atoms in total. The van der Waals surface area contributed by atoms with E-state index < -0.39 is 0 Å². The van der Waals surface area contributed by atoms with Crippen LogP contribution in [0.3, 0.4) is 0 Å². The van der Waals surface area contributed by atoms with Crippen LogP contribution in [0.1, 0.15) is 25.8 Å². The maximum absolute atomic E-state index is 6.18. The maximum atomic E-state index is 6.18. The number of halogens is 1. The summed E-state index contributed by atoms with van der Waals surface area (Å²) in [5, 5.41) is 4.16. The Bertz CT molecular complexity index is 330. The van der Waals surface area contributed by atoms with E-state index in [1.807, 2.05) is 32.2 Å². The summed E-state index contributed by atoms with van der Waals surface area (Å²) in [5.41, 5.74) is 1.17. The van der Waals surface area contributed by atoms with Crippen LogP contribution in [-0.2, 0) is 11.2 Å². The van der Waals surface area contributed by atoms with E-state index in [2.05, 4.69) is 18.3 Å². The third kappa shape index (κ3) is 4.30. The summed E-state index contributed by atoms with van der Waals surface area (Å²) < 4.78 is 5.75. The molecule has 0 aliphatic heterocycles. The average Bonchev–Trinajstić information content (AvgIpc) is 2.35. The predicted molar refractivity (Wildman–Crippen MR) is 73.7 cm³/mol. The molecule has 0 heterocycles. The molecule has 1 N–H and O–H groups in total. The van der Waals surface area contributed by atoms with Gasteiger partial charge in [-0.1, -0.05) is 36.7 Å². The van der Waals surface area contributed by atoms with E-state index in [0.717, 1.165) is 24.5 Å². The fourth-order valence-electron chi connectivity index (χ4n) is 2.05. The molecule has 0 saturated carbocycles. The summed E-state index contributed by atoms with van der Waals surface area (Å²) in [5.74, 6) is 0. The van der Waals surface area contributed by atoms with Gasteiger partial charge in [-0.05, 0) is 38.4 Å². The molecule has 0 bridgehead atoms. The Balaban J connectivity index is 2.72. The van der Waals surface area contributed by atoms with Crippen LogP contribution in [0.25, 0.3) is 0 Å². The molecule has 1 rings (SSSR count). The monoisotopic (exact) mass is 255 g/mol. The van der Waals surface area contributed by atoms with Gasteiger partial charge in [0.1, 0.15) is 0 Å². The molecule has 0 radical (unpaired) electrons. The van der Waals surface area contributed by atoms with Crippen LogP contribution in [0.5, 0.6) is 0 Å². The largest absolute Gasteiger partial charge is 0.377 e. The number of benzene rings is 1. The molecule has 96 valence electrons. The van der Waals surface area contributed by atoms with Crippen LogP contribution in [0.4, 0.5) is 0 Å². The molecule has 0 aliphatic rings. The minimum Gasteiger partial charge on any atom is -0.377 e. The molecule has 0 aliphatic carbocycles. The third-order valence-corrected chi connectivity index (χ3v) is 3.37. The minimum atomic E-state index is 0.237. The molecule has 3 heteroatoms. The quantitative estimate of drug-likeness (QED) is 0.807. The van der Waals surface area contributed by atoms with Gasteiger partial charge in [0, 0.05) is 17.7 Å². The number of ether oxygens (including phenoxy) is 1. The Morgan fingerprint density at radius 3 is 2.53 bits per heavy atom. The van der Waals surface area contributed by atoms with Crippen LogP contribution in [-0.4, -0.2) is 25.8 Å². The minimum absolute atomic E-state index is 0.237. The third-order valence-electron chi connectivity index (χ3n) is 3.00. The molecule has 1 aromatic rings. The van der Waals surface area contributed by atoms with Crippen molar-refractivity contribution in [1.82, 2.24) is 5.32 Å². The maximum Gasteiger partial charge on any atom is 0.0728 e. The van der Waals surface area contributed by atoms with Crippen molar-refractivity contribution in [2.75, 3.05) is 13.7 Å². The predicted octanol–water partition coefficient (Wildman–Crippen LogP) is 3.29. The molecular formula is C14H22ClNO. The van der Waals surface area contributed by atoms with Gasteiger partial charge in [-0.25, -0.2) is 0 Å². The summed E-state index contributed by atoms with van der Waals surface area (Å²) in [4.78, 5) is 0. The van der Waals surface area contributed by atoms with E-state index in [9.17, 15) is 0 Å². The Morgan fingerprint density at radius 1 is 1.29 bits per heavy atom. The van der Waals surface area contributed by atoms with Crippen LogP contribution < -0.4 is 5.32 Å². The van der Waals surface area contributed by atoms with Crippen molar-refractivity contribution < 1.29 is 4.74 Å². The second kappa shape index (κ2) is 7.70. The second-order valence-corrected chi connectivity index (χ2v) is 4.50. The highest BCUT2D eigenvalue weighted by molar-refractivity contribution is 6.31. The van der Waals surface area contributed by atoms with Crippen molar-refractivity contribution >= 4 is 11.6 Å². The highest BCUT2D eigenvalue weighted by atomic mass is 35.5.